The zero-order valence-corrected chi connectivity index (χ0v) is 9.40. The first kappa shape index (κ1) is 11.9. The average Bonchev–Trinajstić information content (AvgIpc) is 2.53. The van der Waals surface area contributed by atoms with Crippen molar-refractivity contribution in [1.82, 2.24) is 9.80 Å². The molecule has 0 aromatic rings. The van der Waals surface area contributed by atoms with Crippen LogP contribution in [-0.4, -0.2) is 48.3 Å². The Balaban J connectivity index is 2.25. The summed E-state index contributed by atoms with van der Waals surface area (Å²) in [4.78, 5) is 25.8. The van der Waals surface area contributed by atoms with E-state index in [1.165, 1.54) is 17.1 Å². The minimum atomic E-state index is -0.191. The molecule has 0 spiro atoms. The predicted molar refractivity (Wildman–Crippen MR) is 58.3 cm³/mol. The van der Waals surface area contributed by atoms with Crippen LogP contribution >= 0.6 is 0 Å². The summed E-state index contributed by atoms with van der Waals surface area (Å²) in [6.45, 7) is 4.40. The SMILES string of the molecule is CCCCN(C)CCN1C(=O)C=CC1=O. The van der Waals surface area contributed by atoms with E-state index in [0.717, 1.165) is 25.9 Å². The quantitative estimate of drug-likeness (QED) is 0.604. The molecule has 0 fully saturated rings. The second-order valence-electron chi connectivity index (χ2n) is 3.82. The van der Waals surface area contributed by atoms with Crippen molar-refractivity contribution in [2.75, 3.05) is 26.7 Å². The van der Waals surface area contributed by atoms with Crippen LogP contribution in [0.15, 0.2) is 12.2 Å². The minimum Gasteiger partial charge on any atom is -0.305 e. The van der Waals surface area contributed by atoms with E-state index in [1.54, 1.807) is 0 Å². The van der Waals surface area contributed by atoms with Gasteiger partial charge in [0.05, 0.1) is 0 Å². The smallest absolute Gasteiger partial charge is 0.253 e. The van der Waals surface area contributed by atoms with E-state index in [2.05, 4.69) is 11.8 Å². The van der Waals surface area contributed by atoms with Crippen LogP contribution in [0.2, 0.25) is 0 Å². The highest BCUT2D eigenvalue weighted by atomic mass is 16.2. The molecule has 0 bridgehead atoms. The Bertz CT molecular complexity index is 256. The summed E-state index contributed by atoms with van der Waals surface area (Å²) in [5.41, 5.74) is 0. The summed E-state index contributed by atoms with van der Waals surface area (Å²) in [7, 11) is 2.01. The molecule has 1 aliphatic rings. The zero-order chi connectivity index (χ0) is 11.3. The van der Waals surface area contributed by atoms with E-state index in [-0.39, 0.29) is 11.8 Å². The van der Waals surface area contributed by atoms with Crippen LogP contribution in [-0.2, 0) is 9.59 Å². The van der Waals surface area contributed by atoms with Gasteiger partial charge >= 0.3 is 0 Å². The fourth-order valence-electron chi connectivity index (χ4n) is 1.46. The number of carbonyl (C=O) groups is 2. The summed E-state index contributed by atoms with van der Waals surface area (Å²) in [6, 6.07) is 0. The van der Waals surface area contributed by atoms with Gasteiger partial charge in [-0.15, -0.1) is 0 Å². The number of unbranched alkanes of at least 4 members (excludes halogenated alkanes) is 1. The molecule has 0 aromatic carbocycles. The van der Waals surface area contributed by atoms with Crippen molar-refractivity contribution in [2.24, 2.45) is 0 Å². The molecule has 1 heterocycles. The molecule has 0 aromatic heterocycles. The van der Waals surface area contributed by atoms with Crippen molar-refractivity contribution in [2.45, 2.75) is 19.8 Å². The number of hydrogen-bond acceptors (Lipinski definition) is 3. The number of carbonyl (C=O) groups excluding carboxylic acids is 2. The molecule has 1 rings (SSSR count). The Hall–Kier alpha value is -1.16. The molecule has 4 heteroatoms. The molecular weight excluding hydrogens is 192 g/mol. The second kappa shape index (κ2) is 5.66. The van der Waals surface area contributed by atoms with Gasteiger partial charge in [-0.3, -0.25) is 14.5 Å². The highest BCUT2D eigenvalue weighted by molar-refractivity contribution is 6.12. The van der Waals surface area contributed by atoms with Crippen LogP contribution in [0.4, 0.5) is 0 Å². The molecule has 0 atom stereocenters. The number of imide groups is 1. The van der Waals surface area contributed by atoms with E-state index in [1.807, 2.05) is 7.05 Å². The molecule has 0 saturated heterocycles. The first-order valence-electron chi connectivity index (χ1n) is 5.37. The molecule has 1 aliphatic heterocycles. The molecule has 0 unspecified atom stereocenters. The number of hydrogen-bond donors (Lipinski definition) is 0. The van der Waals surface area contributed by atoms with Crippen molar-refractivity contribution < 1.29 is 9.59 Å². The van der Waals surface area contributed by atoms with Crippen LogP contribution in [0.25, 0.3) is 0 Å². The zero-order valence-electron chi connectivity index (χ0n) is 9.40. The van der Waals surface area contributed by atoms with Crippen LogP contribution in [0.1, 0.15) is 19.8 Å². The molecule has 2 amide bonds. The summed E-state index contributed by atoms with van der Waals surface area (Å²) < 4.78 is 0. The maximum absolute atomic E-state index is 11.2. The Morgan fingerprint density at radius 2 is 1.80 bits per heavy atom. The fraction of sp³-hybridized carbons (Fsp3) is 0.636. The lowest BCUT2D eigenvalue weighted by Crippen LogP contribution is -2.37. The van der Waals surface area contributed by atoms with Crippen LogP contribution in [0.3, 0.4) is 0 Å². The van der Waals surface area contributed by atoms with Gasteiger partial charge in [0, 0.05) is 25.2 Å². The van der Waals surface area contributed by atoms with Crippen molar-refractivity contribution in [3.8, 4) is 0 Å². The fourth-order valence-corrected chi connectivity index (χ4v) is 1.46. The highest BCUT2D eigenvalue weighted by Gasteiger charge is 2.22. The lowest BCUT2D eigenvalue weighted by molar-refractivity contribution is -0.136. The van der Waals surface area contributed by atoms with Gasteiger partial charge in [-0.05, 0) is 20.0 Å². The number of likely N-dealkylation sites (N-methyl/N-ethyl adjacent to an activating group) is 1. The highest BCUT2D eigenvalue weighted by Crippen LogP contribution is 2.03. The van der Waals surface area contributed by atoms with E-state index in [0.29, 0.717) is 6.54 Å². The van der Waals surface area contributed by atoms with Crippen LogP contribution in [0, 0.1) is 0 Å². The van der Waals surface area contributed by atoms with Gasteiger partial charge in [-0.25, -0.2) is 0 Å². The van der Waals surface area contributed by atoms with Crippen LogP contribution < -0.4 is 0 Å². The molecule has 15 heavy (non-hydrogen) atoms. The van der Waals surface area contributed by atoms with Gasteiger partial charge in [0.15, 0.2) is 0 Å². The molecule has 84 valence electrons. The maximum Gasteiger partial charge on any atom is 0.253 e. The number of amides is 2. The monoisotopic (exact) mass is 210 g/mol. The Morgan fingerprint density at radius 3 is 2.33 bits per heavy atom. The van der Waals surface area contributed by atoms with Crippen molar-refractivity contribution in [3.05, 3.63) is 12.2 Å². The number of rotatable bonds is 6. The molecule has 4 nitrogen and oxygen atoms in total. The minimum absolute atomic E-state index is 0.191. The van der Waals surface area contributed by atoms with Crippen molar-refractivity contribution in [3.63, 3.8) is 0 Å². The van der Waals surface area contributed by atoms with Gasteiger partial charge in [-0.2, -0.15) is 0 Å². The van der Waals surface area contributed by atoms with Gasteiger partial charge in [-0.1, -0.05) is 13.3 Å². The summed E-state index contributed by atoms with van der Waals surface area (Å²) in [5.74, 6) is -0.382. The first-order chi connectivity index (χ1) is 7.15. The summed E-state index contributed by atoms with van der Waals surface area (Å²) in [6.07, 6.45) is 4.97. The molecule has 0 saturated carbocycles. The Kier molecular flexibility index (Phi) is 4.49. The lowest BCUT2D eigenvalue weighted by Gasteiger charge is -2.20. The summed E-state index contributed by atoms with van der Waals surface area (Å²) >= 11 is 0. The second-order valence-corrected chi connectivity index (χ2v) is 3.82. The Labute approximate surface area is 90.5 Å². The summed E-state index contributed by atoms with van der Waals surface area (Å²) in [5, 5.41) is 0. The maximum atomic E-state index is 11.2. The largest absolute Gasteiger partial charge is 0.305 e. The normalized spacial score (nSPS) is 15.8. The van der Waals surface area contributed by atoms with E-state index >= 15 is 0 Å². The molecular formula is C11H18N2O2. The predicted octanol–water partition coefficient (Wildman–Crippen LogP) is 0.643. The third-order valence-electron chi connectivity index (χ3n) is 2.50. The lowest BCUT2D eigenvalue weighted by atomic mass is 10.3. The van der Waals surface area contributed by atoms with Gasteiger partial charge < -0.3 is 4.90 Å². The van der Waals surface area contributed by atoms with Gasteiger partial charge in [0.2, 0.25) is 0 Å². The van der Waals surface area contributed by atoms with E-state index in [9.17, 15) is 9.59 Å². The Morgan fingerprint density at radius 1 is 1.20 bits per heavy atom. The molecule has 0 aliphatic carbocycles. The van der Waals surface area contributed by atoms with Crippen LogP contribution in [0.5, 0.6) is 0 Å². The standard InChI is InChI=1S/C11H18N2O2/c1-3-4-7-12(2)8-9-13-10(14)5-6-11(13)15/h5-6H,3-4,7-9H2,1-2H3. The number of nitrogens with zero attached hydrogens (tertiary/aromatic N) is 2. The molecule has 0 radical (unpaired) electrons. The topological polar surface area (TPSA) is 40.6 Å². The van der Waals surface area contributed by atoms with Crippen molar-refractivity contribution in [1.29, 1.82) is 0 Å². The van der Waals surface area contributed by atoms with Crippen molar-refractivity contribution >= 4 is 11.8 Å². The van der Waals surface area contributed by atoms with E-state index in [4.69, 9.17) is 0 Å². The average molecular weight is 210 g/mol. The van der Waals surface area contributed by atoms with Gasteiger partial charge in [0.1, 0.15) is 0 Å². The third-order valence-corrected chi connectivity index (χ3v) is 2.50. The van der Waals surface area contributed by atoms with E-state index < -0.39 is 0 Å². The molecule has 0 N–H and O–H groups in total. The first-order valence-corrected chi connectivity index (χ1v) is 5.37. The van der Waals surface area contributed by atoms with Gasteiger partial charge in [0.25, 0.3) is 11.8 Å². The third kappa shape index (κ3) is 3.47.